The largest absolute Gasteiger partial charge is 0.471 e. The molecule has 11 atom stereocenters. The van der Waals surface area contributed by atoms with E-state index < -0.39 is 84.5 Å². The minimum Gasteiger partial charge on any atom is -0.471 e. The van der Waals surface area contributed by atoms with E-state index in [4.69, 9.17) is 14.2 Å². The second kappa shape index (κ2) is 7.94. The molecule has 2 aliphatic heterocycles. The van der Waals surface area contributed by atoms with Gasteiger partial charge in [0.2, 0.25) is 6.29 Å². The van der Waals surface area contributed by atoms with Gasteiger partial charge in [0.15, 0.2) is 6.29 Å². The van der Waals surface area contributed by atoms with Crippen molar-refractivity contribution in [3.8, 4) is 0 Å². The molecule has 0 radical (unpaired) electrons. The molecule has 8 N–H and O–H groups in total. The average molecular weight is 438 g/mol. The first-order chi connectivity index (χ1) is 13.9. The third kappa shape index (κ3) is 3.22. The number of carbonyl (C=O) groups is 1. The number of carbonyl (C=O) groups excluding carboxylic acids is 1. The SMILES string of the molecule is COC(=O)C1=CO[C@H](O[C@H]2O[C@H](CO)[C@@H](O)[C@@H](O)[C@@H]2O)[C@@H]2[C@@](C)(O)[C@@H](O)[C@@H](O)[C@]12O. The molecule has 0 spiro atoms. The predicted octanol–water partition coefficient (Wildman–Crippen LogP) is -4.95. The normalized spacial score (nSPS) is 51.0. The number of fused-ring (bicyclic) bond motifs is 1. The van der Waals surface area contributed by atoms with Gasteiger partial charge >= 0.3 is 5.97 Å². The van der Waals surface area contributed by atoms with Crippen molar-refractivity contribution in [3.05, 3.63) is 11.8 Å². The molecule has 3 rings (SSSR count). The van der Waals surface area contributed by atoms with Crippen LogP contribution in [0.3, 0.4) is 0 Å². The molecule has 1 saturated heterocycles. The topological polar surface area (TPSA) is 216 Å². The van der Waals surface area contributed by atoms with Crippen LogP contribution in [-0.2, 0) is 23.7 Å². The summed E-state index contributed by atoms with van der Waals surface area (Å²) in [6.07, 6.45) is -13.3. The standard InChI is InChI=1S/C17H26O13/c1-16(25)10-15(30-14-9(21)8(20)7(19)6(3-18)29-14)28-4-5(13(24)27-2)17(10,26)12(23)11(16)22/h4,6-12,14-15,18-23,25-26H,3H2,1-2H3/t6-,7-,8-,9+,10-,11+,12-,14-,15-,16-,17+/m1/s1. The summed E-state index contributed by atoms with van der Waals surface area (Å²) in [5.74, 6) is -2.79. The monoisotopic (exact) mass is 438 g/mol. The van der Waals surface area contributed by atoms with Gasteiger partial charge in [-0.15, -0.1) is 0 Å². The van der Waals surface area contributed by atoms with E-state index >= 15 is 0 Å². The summed E-state index contributed by atoms with van der Waals surface area (Å²) < 4.78 is 20.5. The highest BCUT2D eigenvalue weighted by atomic mass is 16.8. The molecule has 1 aliphatic carbocycles. The maximum Gasteiger partial charge on any atom is 0.339 e. The third-order valence-electron chi connectivity index (χ3n) is 6.00. The van der Waals surface area contributed by atoms with Crippen LogP contribution in [0.2, 0.25) is 0 Å². The number of methoxy groups -OCH3 is 1. The van der Waals surface area contributed by atoms with Crippen LogP contribution in [0, 0.1) is 5.92 Å². The van der Waals surface area contributed by atoms with Crippen LogP contribution < -0.4 is 0 Å². The Hall–Kier alpha value is -1.39. The van der Waals surface area contributed by atoms with Gasteiger partial charge in [-0.05, 0) is 6.92 Å². The second-order valence-corrected chi connectivity index (χ2v) is 7.78. The Kier molecular flexibility index (Phi) is 6.16. The Bertz CT molecular complexity index is 693. The predicted molar refractivity (Wildman–Crippen MR) is 90.9 cm³/mol. The van der Waals surface area contributed by atoms with E-state index in [-0.39, 0.29) is 0 Å². The van der Waals surface area contributed by atoms with E-state index in [1.807, 2.05) is 0 Å². The molecular weight excluding hydrogens is 412 g/mol. The molecule has 0 aromatic carbocycles. The minimum absolute atomic E-state index is 0.590. The van der Waals surface area contributed by atoms with Gasteiger partial charge in [0.25, 0.3) is 0 Å². The Balaban J connectivity index is 1.96. The summed E-state index contributed by atoms with van der Waals surface area (Å²) in [5, 5.41) is 81.9. The molecule has 3 aliphatic rings. The lowest BCUT2D eigenvalue weighted by Gasteiger charge is -2.46. The lowest BCUT2D eigenvalue weighted by atomic mass is 9.76. The first-order valence-corrected chi connectivity index (χ1v) is 9.14. The van der Waals surface area contributed by atoms with Crippen LogP contribution in [0.25, 0.3) is 0 Å². The Morgan fingerprint density at radius 3 is 2.27 bits per heavy atom. The molecule has 13 nitrogen and oxygen atoms in total. The van der Waals surface area contributed by atoms with Gasteiger partial charge < -0.3 is 59.8 Å². The van der Waals surface area contributed by atoms with Gasteiger partial charge in [0, 0.05) is 0 Å². The number of ether oxygens (including phenoxy) is 4. The average Bonchev–Trinajstić information content (AvgIpc) is 2.85. The van der Waals surface area contributed by atoms with Crippen molar-refractivity contribution in [1.82, 2.24) is 0 Å². The van der Waals surface area contributed by atoms with Gasteiger partial charge in [-0.2, -0.15) is 0 Å². The van der Waals surface area contributed by atoms with Crippen LogP contribution >= 0.6 is 0 Å². The fourth-order valence-electron chi connectivity index (χ4n) is 4.24. The van der Waals surface area contributed by atoms with Gasteiger partial charge in [-0.3, -0.25) is 0 Å². The fraction of sp³-hybridized carbons (Fsp3) is 0.824. The molecule has 172 valence electrons. The van der Waals surface area contributed by atoms with Gasteiger partial charge in [-0.1, -0.05) is 0 Å². The minimum atomic E-state index is -2.58. The quantitative estimate of drug-likeness (QED) is 0.193. The van der Waals surface area contributed by atoms with Gasteiger partial charge in [-0.25, -0.2) is 4.79 Å². The Labute approximate surface area is 170 Å². The number of esters is 1. The van der Waals surface area contributed by atoms with E-state index in [0.717, 1.165) is 14.0 Å². The van der Waals surface area contributed by atoms with Crippen LogP contribution in [0.4, 0.5) is 0 Å². The molecule has 1 saturated carbocycles. The lowest BCUT2D eigenvalue weighted by molar-refractivity contribution is -0.352. The van der Waals surface area contributed by atoms with Crippen molar-refractivity contribution in [2.75, 3.05) is 13.7 Å². The van der Waals surface area contributed by atoms with E-state index in [1.165, 1.54) is 0 Å². The van der Waals surface area contributed by atoms with Crippen LogP contribution in [0.15, 0.2) is 11.8 Å². The maximum absolute atomic E-state index is 12.1. The van der Waals surface area contributed by atoms with Gasteiger partial charge in [0.05, 0.1) is 19.6 Å². The van der Waals surface area contributed by atoms with E-state index in [2.05, 4.69) is 4.74 Å². The highest BCUT2D eigenvalue weighted by Gasteiger charge is 2.72. The zero-order chi connectivity index (χ0) is 22.6. The number of hydrogen-bond donors (Lipinski definition) is 8. The lowest BCUT2D eigenvalue weighted by Crippen LogP contribution is -2.63. The molecule has 0 amide bonds. The molecule has 0 aromatic rings. The highest BCUT2D eigenvalue weighted by Crippen LogP contribution is 2.52. The summed E-state index contributed by atoms with van der Waals surface area (Å²) in [5.41, 5.74) is -5.43. The molecule has 30 heavy (non-hydrogen) atoms. The zero-order valence-electron chi connectivity index (χ0n) is 16.1. The zero-order valence-corrected chi connectivity index (χ0v) is 16.1. The first-order valence-electron chi connectivity index (χ1n) is 9.14. The van der Waals surface area contributed by atoms with Crippen molar-refractivity contribution in [1.29, 1.82) is 0 Å². The summed E-state index contributed by atoms with van der Waals surface area (Å²) >= 11 is 0. The highest BCUT2D eigenvalue weighted by molar-refractivity contribution is 5.91. The number of aliphatic hydroxyl groups is 8. The second-order valence-electron chi connectivity index (χ2n) is 7.78. The van der Waals surface area contributed by atoms with Crippen LogP contribution in [0.1, 0.15) is 6.92 Å². The van der Waals surface area contributed by atoms with Crippen LogP contribution in [0.5, 0.6) is 0 Å². The van der Waals surface area contributed by atoms with Crippen molar-refractivity contribution < 1.29 is 64.6 Å². The van der Waals surface area contributed by atoms with Crippen molar-refractivity contribution in [3.63, 3.8) is 0 Å². The molecule has 2 fully saturated rings. The molecular formula is C17H26O13. The summed E-state index contributed by atoms with van der Waals surface area (Å²) in [6, 6.07) is 0. The Morgan fingerprint density at radius 2 is 1.70 bits per heavy atom. The number of hydrogen-bond acceptors (Lipinski definition) is 13. The summed E-state index contributed by atoms with van der Waals surface area (Å²) in [4.78, 5) is 12.1. The molecule has 0 aromatic heterocycles. The van der Waals surface area contributed by atoms with Crippen molar-refractivity contribution in [2.24, 2.45) is 5.92 Å². The van der Waals surface area contributed by atoms with Gasteiger partial charge in [0.1, 0.15) is 59.7 Å². The van der Waals surface area contributed by atoms with E-state index in [9.17, 15) is 45.6 Å². The molecule has 0 unspecified atom stereocenters. The fourth-order valence-corrected chi connectivity index (χ4v) is 4.24. The summed E-state index contributed by atoms with van der Waals surface area (Å²) in [6.45, 7) is 0.335. The van der Waals surface area contributed by atoms with Crippen LogP contribution in [-0.4, -0.2) is 121 Å². The summed E-state index contributed by atoms with van der Waals surface area (Å²) in [7, 11) is 1.01. The first kappa shape index (κ1) is 23.3. The smallest absolute Gasteiger partial charge is 0.339 e. The van der Waals surface area contributed by atoms with E-state index in [0.29, 0.717) is 6.26 Å². The number of rotatable bonds is 4. The molecule has 13 heteroatoms. The maximum atomic E-state index is 12.1. The number of aliphatic hydroxyl groups excluding tert-OH is 6. The molecule has 2 heterocycles. The van der Waals surface area contributed by atoms with Crippen molar-refractivity contribution >= 4 is 5.97 Å². The van der Waals surface area contributed by atoms with E-state index in [1.54, 1.807) is 0 Å². The third-order valence-corrected chi connectivity index (χ3v) is 6.00. The molecule has 0 bridgehead atoms. The Morgan fingerprint density at radius 1 is 1.07 bits per heavy atom. The van der Waals surface area contributed by atoms with Crippen molar-refractivity contribution in [2.45, 2.75) is 67.3 Å².